The van der Waals surface area contributed by atoms with Crippen molar-refractivity contribution in [3.8, 4) is 5.75 Å². The van der Waals surface area contributed by atoms with Crippen molar-refractivity contribution in [2.75, 3.05) is 13.2 Å². The van der Waals surface area contributed by atoms with Gasteiger partial charge >= 0.3 is 0 Å². The second-order valence-electron chi connectivity index (χ2n) is 4.41. The minimum Gasteiger partial charge on any atom is -0.490 e. The maximum Gasteiger partial charge on any atom is 0.156 e. The summed E-state index contributed by atoms with van der Waals surface area (Å²) in [5, 5.41) is 0.995. The fourth-order valence-electron chi connectivity index (χ4n) is 1.55. The van der Waals surface area contributed by atoms with Crippen LogP contribution in [0.25, 0.3) is 0 Å². The van der Waals surface area contributed by atoms with Gasteiger partial charge in [-0.1, -0.05) is 23.2 Å². The van der Waals surface area contributed by atoms with Crippen molar-refractivity contribution in [1.82, 2.24) is 0 Å². The molecule has 1 aromatic rings. The second-order valence-corrected chi connectivity index (χ2v) is 5.22. The molecule has 3 nitrogen and oxygen atoms in total. The summed E-state index contributed by atoms with van der Waals surface area (Å²) in [5.74, 6) is 1.21. The molecule has 0 aromatic heterocycles. The number of benzene rings is 1. The summed E-state index contributed by atoms with van der Waals surface area (Å²) in [5.41, 5.74) is 12.2. The van der Waals surface area contributed by atoms with Crippen LogP contribution in [-0.4, -0.2) is 13.2 Å². The lowest BCUT2D eigenvalue weighted by molar-refractivity contribution is 0.300. The number of nitrogens with two attached hydrogens (primary N) is 2. The fraction of sp³-hybridized carbons (Fsp3) is 0.500. The first-order valence-electron chi connectivity index (χ1n) is 5.69. The van der Waals surface area contributed by atoms with E-state index in [1.165, 1.54) is 12.8 Å². The number of halogens is 2. The van der Waals surface area contributed by atoms with Crippen LogP contribution >= 0.6 is 23.2 Å². The van der Waals surface area contributed by atoms with Crippen molar-refractivity contribution in [3.63, 3.8) is 0 Å². The van der Waals surface area contributed by atoms with E-state index in [2.05, 4.69) is 0 Å². The summed E-state index contributed by atoms with van der Waals surface area (Å²) in [6.07, 6.45) is 2.46. The molecule has 1 aliphatic carbocycles. The van der Waals surface area contributed by atoms with Gasteiger partial charge in [-0.3, -0.25) is 0 Å². The van der Waals surface area contributed by atoms with Crippen molar-refractivity contribution in [2.45, 2.75) is 18.9 Å². The molecule has 0 spiro atoms. The average Bonchev–Trinajstić information content (AvgIpc) is 3.10. The Hall–Kier alpha value is -0.480. The van der Waals surface area contributed by atoms with Crippen LogP contribution < -0.4 is 16.2 Å². The zero-order valence-corrected chi connectivity index (χ0v) is 11.0. The molecule has 1 saturated carbocycles. The third-order valence-corrected chi connectivity index (χ3v) is 3.42. The molecule has 1 unspecified atom stereocenters. The molecule has 94 valence electrons. The Balaban J connectivity index is 2.15. The summed E-state index contributed by atoms with van der Waals surface area (Å²) in [7, 11) is 0. The smallest absolute Gasteiger partial charge is 0.156 e. The van der Waals surface area contributed by atoms with Gasteiger partial charge in [0.25, 0.3) is 0 Å². The molecule has 1 fully saturated rings. The molecular formula is C12H16Cl2N2O. The lowest BCUT2D eigenvalue weighted by Gasteiger charge is -2.14. The Morgan fingerprint density at radius 1 is 1.29 bits per heavy atom. The van der Waals surface area contributed by atoms with Crippen LogP contribution in [0, 0.1) is 5.92 Å². The highest BCUT2D eigenvalue weighted by Gasteiger charge is 2.23. The van der Waals surface area contributed by atoms with Gasteiger partial charge in [-0.15, -0.1) is 0 Å². The van der Waals surface area contributed by atoms with E-state index in [1.54, 1.807) is 12.1 Å². The van der Waals surface area contributed by atoms with Gasteiger partial charge in [0.05, 0.1) is 16.7 Å². The predicted octanol–water partition coefficient (Wildman–Crippen LogP) is 2.74. The third kappa shape index (κ3) is 3.26. The van der Waals surface area contributed by atoms with Crippen molar-refractivity contribution >= 4 is 23.2 Å². The largest absolute Gasteiger partial charge is 0.490 e. The second kappa shape index (κ2) is 5.44. The van der Waals surface area contributed by atoms with E-state index in [0.717, 1.165) is 5.56 Å². The van der Waals surface area contributed by atoms with Crippen LogP contribution in [0.3, 0.4) is 0 Å². The SMILES string of the molecule is NCC(N)c1cc(Cl)c(OCC2CC2)c(Cl)c1. The first-order valence-corrected chi connectivity index (χ1v) is 6.44. The van der Waals surface area contributed by atoms with Gasteiger partial charge in [0.2, 0.25) is 0 Å². The molecule has 4 N–H and O–H groups in total. The number of hydrogen-bond donors (Lipinski definition) is 2. The summed E-state index contributed by atoms with van der Waals surface area (Å²) in [6, 6.07) is 3.29. The van der Waals surface area contributed by atoms with Crippen LogP contribution in [0.5, 0.6) is 5.75 Å². The summed E-state index contributed by atoms with van der Waals surface area (Å²) in [6.45, 7) is 1.04. The number of ether oxygens (including phenoxy) is 1. The van der Waals surface area contributed by atoms with E-state index >= 15 is 0 Å². The summed E-state index contributed by atoms with van der Waals surface area (Å²) in [4.78, 5) is 0. The van der Waals surface area contributed by atoms with Crippen molar-refractivity contribution in [1.29, 1.82) is 0 Å². The van der Waals surface area contributed by atoms with E-state index in [0.29, 0.717) is 34.9 Å². The molecule has 17 heavy (non-hydrogen) atoms. The predicted molar refractivity (Wildman–Crippen MR) is 70.7 cm³/mol. The normalized spacial score (nSPS) is 16.9. The minimum atomic E-state index is -0.248. The Labute approximate surface area is 111 Å². The molecule has 0 aliphatic heterocycles. The van der Waals surface area contributed by atoms with Gasteiger partial charge < -0.3 is 16.2 Å². The molecular weight excluding hydrogens is 259 g/mol. The summed E-state index contributed by atoms with van der Waals surface area (Å²) >= 11 is 12.3. The Bertz CT molecular complexity index is 384. The zero-order chi connectivity index (χ0) is 12.4. The van der Waals surface area contributed by atoms with Gasteiger partial charge in [-0.2, -0.15) is 0 Å². The molecule has 0 radical (unpaired) electrons. The van der Waals surface area contributed by atoms with Gasteiger partial charge in [-0.05, 0) is 36.5 Å². The molecule has 5 heteroatoms. The van der Waals surface area contributed by atoms with Crippen LogP contribution in [0.15, 0.2) is 12.1 Å². The van der Waals surface area contributed by atoms with Gasteiger partial charge in [0, 0.05) is 12.6 Å². The molecule has 0 heterocycles. The lowest BCUT2D eigenvalue weighted by atomic mass is 10.1. The molecule has 1 atom stereocenters. The van der Waals surface area contributed by atoms with Gasteiger partial charge in [-0.25, -0.2) is 0 Å². The van der Waals surface area contributed by atoms with Crippen molar-refractivity contribution in [2.24, 2.45) is 17.4 Å². The standard InChI is InChI=1S/C12H16Cl2N2O/c13-9-3-8(11(16)5-15)4-10(14)12(9)17-6-7-1-2-7/h3-4,7,11H,1-2,5-6,15-16H2. The average molecular weight is 275 g/mol. The van der Waals surface area contributed by atoms with Crippen molar-refractivity contribution in [3.05, 3.63) is 27.7 Å². The first-order chi connectivity index (χ1) is 8.11. The zero-order valence-electron chi connectivity index (χ0n) is 9.46. The van der Waals surface area contributed by atoms with Crippen molar-refractivity contribution < 1.29 is 4.74 Å². The topological polar surface area (TPSA) is 61.3 Å². The highest BCUT2D eigenvalue weighted by atomic mass is 35.5. The van der Waals surface area contributed by atoms with E-state index in [-0.39, 0.29) is 6.04 Å². The van der Waals surface area contributed by atoms with Crippen LogP contribution in [0.4, 0.5) is 0 Å². The minimum absolute atomic E-state index is 0.248. The third-order valence-electron chi connectivity index (χ3n) is 2.86. The monoisotopic (exact) mass is 274 g/mol. The molecule has 0 saturated heterocycles. The van der Waals surface area contributed by atoms with Crippen LogP contribution in [-0.2, 0) is 0 Å². The number of rotatable bonds is 5. The fourth-order valence-corrected chi connectivity index (χ4v) is 2.17. The first kappa shape index (κ1) is 13.0. The summed E-state index contributed by atoms with van der Waals surface area (Å²) < 4.78 is 5.62. The van der Waals surface area contributed by atoms with E-state index in [1.807, 2.05) is 0 Å². The molecule has 1 aromatic carbocycles. The lowest BCUT2D eigenvalue weighted by Crippen LogP contribution is -2.20. The Morgan fingerprint density at radius 2 is 1.88 bits per heavy atom. The number of hydrogen-bond acceptors (Lipinski definition) is 3. The van der Waals surface area contributed by atoms with E-state index in [4.69, 9.17) is 39.4 Å². The van der Waals surface area contributed by atoms with Gasteiger partial charge in [0.15, 0.2) is 5.75 Å². The van der Waals surface area contributed by atoms with Gasteiger partial charge in [0.1, 0.15) is 0 Å². The molecule has 0 bridgehead atoms. The quantitative estimate of drug-likeness (QED) is 0.868. The van der Waals surface area contributed by atoms with Crippen LogP contribution in [0.1, 0.15) is 24.4 Å². The highest BCUT2D eigenvalue weighted by molar-refractivity contribution is 6.37. The maximum absolute atomic E-state index is 6.13. The maximum atomic E-state index is 6.13. The molecule has 2 rings (SSSR count). The van der Waals surface area contributed by atoms with E-state index in [9.17, 15) is 0 Å². The van der Waals surface area contributed by atoms with Crippen LogP contribution in [0.2, 0.25) is 10.0 Å². The molecule has 1 aliphatic rings. The Morgan fingerprint density at radius 3 is 2.35 bits per heavy atom. The Kier molecular flexibility index (Phi) is 4.15. The van der Waals surface area contributed by atoms with E-state index < -0.39 is 0 Å². The molecule has 0 amide bonds. The highest BCUT2D eigenvalue weighted by Crippen LogP contribution is 2.37.